The third-order valence-corrected chi connectivity index (χ3v) is 3.69. The van der Waals surface area contributed by atoms with Gasteiger partial charge in [-0.3, -0.25) is 9.48 Å². The fraction of sp³-hybridized carbons (Fsp3) is 0.500. The summed E-state index contributed by atoms with van der Waals surface area (Å²) < 4.78 is 7.32. The van der Waals surface area contributed by atoms with Crippen LogP contribution in [0.25, 0.3) is 0 Å². The van der Waals surface area contributed by atoms with Gasteiger partial charge in [-0.05, 0) is 31.0 Å². The molecular formula is C16H23N3O2. The third-order valence-electron chi connectivity index (χ3n) is 3.69. The van der Waals surface area contributed by atoms with E-state index in [1.165, 1.54) is 0 Å². The van der Waals surface area contributed by atoms with Crippen molar-refractivity contribution in [3.05, 3.63) is 42.1 Å². The molecule has 0 bridgehead atoms. The molecule has 5 heteroatoms. The average molecular weight is 289 g/mol. The molecular weight excluding hydrogens is 266 g/mol. The van der Waals surface area contributed by atoms with Crippen LogP contribution >= 0.6 is 0 Å². The lowest BCUT2D eigenvalue weighted by atomic mass is 9.90. The maximum absolute atomic E-state index is 12.1. The van der Waals surface area contributed by atoms with E-state index in [1.54, 1.807) is 12.5 Å². The highest BCUT2D eigenvalue weighted by Gasteiger charge is 2.21. The summed E-state index contributed by atoms with van der Waals surface area (Å²) in [6, 6.07) is 5.75. The highest BCUT2D eigenvalue weighted by Crippen LogP contribution is 2.27. The summed E-state index contributed by atoms with van der Waals surface area (Å²) in [6.45, 7) is 7.49. The van der Waals surface area contributed by atoms with Gasteiger partial charge >= 0.3 is 0 Å². The number of nitrogens with zero attached hydrogens (tertiary/aromatic N) is 2. The van der Waals surface area contributed by atoms with Gasteiger partial charge in [0.25, 0.3) is 0 Å². The molecule has 2 heterocycles. The molecule has 5 nitrogen and oxygen atoms in total. The second kappa shape index (κ2) is 7.11. The summed E-state index contributed by atoms with van der Waals surface area (Å²) in [5.74, 6) is 1.40. The molecule has 21 heavy (non-hydrogen) atoms. The Kier molecular flexibility index (Phi) is 5.20. The first-order chi connectivity index (χ1) is 10.1. The number of amides is 1. The van der Waals surface area contributed by atoms with E-state index in [4.69, 9.17) is 4.42 Å². The van der Waals surface area contributed by atoms with Gasteiger partial charge in [0.05, 0.1) is 12.8 Å². The van der Waals surface area contributed by atoms with Gasteiger partial charge in [-0.2, -0.15) is 5.10 Å². The van der Waals surface area contributed by atoms with Crippen LogP contribution in [0.2, 0.25) is 0 Å². The van der Waals surface area contributed by atoms with Crippen LogP contribution < -0.4 is 5.32 Å². The maximum Gasteiger partial charge on any atom is 0.220 e. The average Bonchev–Trinajstić information content (AvgIpc) is 3.08. The monoisotopic (exact) mass is 289 g/mol. The summed E-state index contributed by atoms with van der Waals surface area (Å²) in [5.41, 5.74) is 1.10. The Morgan fingerprint density at radius 1 is 1.43 bits per heavy atom. The summed E-state index contributed by atoms with van der Waals surface area (Å²) in [6.07, 6.45) is 3.87. The van der Waals surface area contributed by atoms with Gasteiger partial charge in [-0.1, -0.05) is 13.8 Å². The van der Waals surface area contributed by atoms with Crippen molar-refractivity contribution in [1.29, 1.82) is 0 Å². The number of aromatic nitrogens is 2. The zero-order valence-corrected chi connectivity index (χ0v) is 12.9. The predicted molar refractivity (Wildman–Crippen MR) is 80.9 cm³/mol. The molecule has 1 N–H and O–H groups in total. The second-order valence-corrected chi connectivity index (χ2v) is 5.62. The number of hydrogen-bond acceptors (Lipinski definition) is 3. The normalized spacial score (nSPS) is 12.6. The lowest BCUT2D eigenvalue weighted by Gasteiger charge is -2.18. The molecule has 2 rings (SSSR count). The Hall–Kier alpha value is -2.04. The summed E-state index contributed by atoms with van der Waals surface area (Å²) >= 11 is 0. The van der Waals surface area contributed by atoms with Crippen molar-refractivity contribution >= 4 is 5.91 Å². The van der Waals surface area contributed by atoms with Crippen molar-refractivity contribution in [2.75, 3.05) is 6.54 Å². The summed E-state index contributed by atoms with van der Waals surface area (Å²) in [4.78, 5) is 12.1. The van der Waals surface area contributed by atoms with E-state index in [1.807, 2.05) is 29.8 Å². The van der Waals surface area contributed by atoms with Crippen LogP contribution in [0.4, 0.5) is 0 Å². The van der Waals surface area contributed by atoms with Gasteiger partial charge in [-0.25, -0.2) is 0 Å². The van der Waals surface area contributed by atoms with Gasteiger partial charge in [0.1, 0.15) is 5.76 Å². The van der Waals surface area contributed by atoms with E-state index < -0.39 is 0 Å². The Balaban J connectivity index is 1.81. The van der Waals surface area contributed by atoms with Gasteiger partial charge in [-0.15, -0.1) is 0 Å². The van der Waals surface area contributed by atoms with E-state index in [9.17, 15) is 4.79 Å². The van der Waals surface area contributed by atoms with E-state index in [2.05, 4.69) is 24.3 Å². The minimum absolute atomic E-state index is 0.0508. The quantitative estimate of drug-likeness (QED) is 0.852. The maximum atomic E-state index is 12.1. The van der Waals surface area contributed by atoms with E-state index in [0.717, 1.165) is 11.5 Å². The third kappa shape index (κ3) is 4.21. The topological polar surface area (TPSA) is 60.1 Å². The fourth-order valence-corrected chi connectivity index (χ4v) is 2.37. The molecule has 114 valence electrons. The smallest absolute Gasteiger partial charge is 0.220 e. The first-order valence-electron chi connectivity index (χ1n) is 7.36. The van der Waals surface area contributed by atoms with Gasteiger partial charge in [0.2, 0.25) is 5.91 Å². The second-order valence-electron chi connectivity index (χ2n) is 5.62. The fourth-order valence-electron chi connectivity index (χ4n) is 2.37. The van der Waals surface area contributed by atoms with Crippen LogP contribution in [0, 0.1) is 12.8 Å². The number of furan rings is 1. The molecule has 0 fully saturated rings. The minimum atomic E-state index is 0.0508. The van der Waals surface area contributed by atoms with Crippen LogP contribution in [0.15, 0.2) is 35.1 Å². The Bertz CT molecular complexity index is 558. The first kappa shape index (κ1) is 15.4. The van der Waals surface area contributed by atoms with Crippen molar-refractivity contribution in [1.82, 2.24) is 15.1 Å². The van der Waals surface area contributed by atoms with E-state index in [-0.39, 0.29) is 11.8 Å². The Morgan fingerprint density at radius 2 is 2.24 bits per heavy atom. The zero-order chi connectivity index (χ0) is 15.2. The predicted octanol–water partition coefficient (Wildman–Crippen LogP) is 2.73. The van der Waals surface area contributed by atoms with Crippen molar-refractivity contribution < 1.29 is 9.21 Å². The van der Waals surface area contributed by atoms with Crippen LogP contribution in [0.1, 0.15) is 37.6 Å². The molecule has 2 aromatic rings. The molecule has 1 amide bonds. The molecule has 1 unspecified atom stereocenters. The molecule has 0 saturated heterocycles. The number of aryl methyl sites for hydroxylation is 1. The lowest BCUT2D eigenvalue weighted by Crippen LogP contribution is -2.29. The molecule has 2 aromatic heterocycles. The standard InChI is InChI=1S/C16H23N3O2/c1-12(2)14(15-5-4-10-21-15)11-16(20)17-8-9-19-13(3)6-7-18-19/h4-7,10,12,14H,8-9,11H2,1-3H3,(H,17,20). The van der Waals surface area contributed by atoms with Crippen LogP contribution in [-0.4, -0.2) is 22.2 Å². The summed E-state index contributed by atoms with van der Waals surface area (Å²) in [5, 5.41) is 7.15. The minimum Gasteiger partial charge on any atom is -0.469 e. The Labute approximate surface area is 125 Å². The van der Waals surface area contributed by atoms with Crippen molar-refractivity contribution in [2.24, 2.45) is 5.92 Å². The zero-order valence-electron chi connectivity index (χ0n) is 12.9. The van der Waals surface area contributed by atoms with Gasteiger partial charge < -0.3 is 9.73 Å². The van der Waals surface area contributed by atoms with Gasteiger partial charge in [0, 0.05) is 30.8 Å². The first-order valence-corrected chi connectivity index (χ1v) is 7.36. The number of hydrogen-bond donors (Lipinski definition) is 1. The van der Waals surface area contributed by atoms with E-state index in [0.29, 0.717) is 25.4 Å². The highest BCUT2D eigenvalue weighted by molar-refractivity contribution is 5.76. The van der Waals surface area contributed by atoms with Crippen LogP contribution in [0.3, 0.4) is 0 Å². The molecule has 0 radical (unpaired) electrons. The molecule has 0 saturated carbocycles. The molecule has 0 aliphatic rings. The van der Waals surface area contributed by atoms with Crippen molar-refractivity contribution in [3.8, 4) is 0 Å². The highest BCUT2D eigenvalue weighted by atomic mass is 16.3. The van der Waals surface area contributed by atoms with Crippen molar-refractivity contribution in [3.63, 3.8) is 0 Å². The van der Waals surface area contributed by atoms with Crippen LogP contribution in [0.5, 0.6) is 0 Å². The molecule has 1 atom stereocenters. The number of carbonyl (C=O) groups is 1. The SMILES string of the molecule is Cc1ccnn1CCNC(=O)CC(c1ccco1)C(C)C. The molecule has 0 aliphatic carbocycles. The van der Waals surface area contributed by atoms with E-state index >= 15 is 0 Å². The Morgan fingerprint density at radius 3 is 2.81 bits per heavy atom. The van der Waals surface area contributed by atoms with Gasteiger partial charge in [0.15, 0.2) is 0 Å². The number of rotatable bonds is 7. The number of nitrogens with one attached hydrogen (secondary N) is 1. The molecule has 0 aromatic carbocycles. The number of carbonyl (C=O) groups excluding carboxylic acids is 1. The summed E-state index contributed by atoms with van der Waals surface area (Å²) in [7, 11) is 0. The van der Waals surface area contributed by atoms with Crippen molar-refractivity contribution in [2.45, 2.75) is 39.7 Å². The van der Waals surface area contributed by atoms with Crippen LogP contribution in [-0.2, 0) is 11.3 Å². The largest absolute Gasteiger partial charge is 0.469 e. The molecule has 0 spiro atoms. The molecule has 0 aliphatic heterocycles. The lowest BCUT2D eigenvalue weighted by molar-refractivity contribution is -0.121.